The Morgan fingerprint density at radius 1 is 1.25 bits per heavy atom. The van der Waals surface area contributed by atoms with E-state index in [1.807, 2.05) is 23.9 Å². The molecule has 3 unspecified atom stereocenters. The van der Waals surface area contributed by atoms with Gasteiger partial charge in [-0.1, -0.05) is 29.8 Å². The van der Waals surface area contributed by atoms with Gasteiger partial charge in [0.25, 0.3) is 0 Å². The third-order valence-electron chi connectivity index (χ3n) is 6.58. The van der Waals surface area contributed by atoms with E-state index in [2.05, 4.69) is 41.2 Å². The van der Waals surface area contributed by atoms with Gasteiger partial charge in [0.05, 0.1) is 24.2 Å². The largest absolute Gasteiger partial charge is 0.374 e. The predicted molar refractivity (Wildman–Crippen MR) is 129 cm³/mol. The average Bonchev–Trinajstić information content (AvgIpc) is 3.08. The number of halogens is 1. The molecule has 1 aliphatic heterocycles. The van der Waals surface area contributed by atoms with Gasteiger partial charge in [0.2, 0.25) is 0 Å². The molecule has 1 saturated heterocycles. The fourth-order valence-electron chi connectivity index (χ4n) is 4.81. The molecule has 6 nitrogen and oxygen atoms in total. The molecule has 174 valence electrons. The number of morpholine rings is 1. The third kappa shape index (κ3) is 5.81. The van der Waals surface area contributed by atoms with E-state index in [1.54, 1.807) is 0 Å². The summed E-state index contributed by atoms with van der Waals surface area (Å²) in [5.74, 6) is 0.0676. The minimum atomic E-state index is -3.09. The van der Waals surface area contributed by atoms with Crippen LogP contribution < -0.4 is 0 Å². The lowest BCUT2D eigenvalue weighted by molar-refractivity contribution is -0.0708. The van der Waals surface area contributed by atoms with Gasteiger partial charge in [-0.3, -0.25) is 9.58 Å². The SMILES string of the molecule is Cc1cc(C2=CCC(N3CC(CS(C)(=O)=O)OCC3Cc3ccc(Cl)cc3)CC2)nn1C. The molecule has 0 spiro atoms. The first-order chi connectivity index (χ1) is 15.2. The molecule has 1 aromatic carbocycles. The summed E-state index contributed by atoms with van der Waals surface area (Å²) in [7, 11) is -1.12. The Hall–Kier alpha value is -1.67. The average molecular weight is 478 g/mol. The number of sulfone groups is 1. The van der Waals surface area contributed by atoms with E-state index in [-0.39, 0.29) is 17.9 Å². The lowest BCUT2D eigenvalue weighted by atomic mass is 9.90. The van der Waals surface area contributed by atoms with Gasteiger partial charge in [0, 0.05) is 42.6 Å². The number of aryl methyl sites for hydroxylation is 2. The third-order valence-corrected chi connectivity index (χ3v) is 7.81. The molecular formula is C24H32ClN3O3S. The molecule has 0 saturated carbocycles. The van der Waals surface area contributed by atoms with Crippen molar-refractivity contribution in [3.63, 3.8) is 0 Å². The van der Waals surface area contributed by atoms with Crippen molar-refractivity contribution in [2.75, 3.05) is 25.2 Å². The molecule has 2 aromatic rings. The summed E-state index contributed by atoms with van der Waals surface area (Å²) in [5.41, 5.74) is 4.74. The Morgan fingerprint density at radius 3 is 2.59 bits per heavy atom. The Kier molecular flexibility index (Phi) is 7.10. The number of rotatable bonds is 6. The van der Waals surface area contributed by atoms with Crippen LogP contribution in [0.4, 0.5) is 0 Å². The summed E-state index contributed by atoms with van der Waals surface area (Å²) in [5, 5.41) is 5.37. The van der Waals surface area contributed by atoms with Crippen LogP contribution >= 0.6 is 11.6 Å². The number of aromatic nitrogens is 2. The Balaban J connectivity index is 1.51. The number of ether oxygens (including phenoxy) is 1. The number of nitrogens with zero attached hydrogens (tertiary/aromatic N) is 3. The highest BCUT2D eigenvalue weighted by Gasteiger charge is 2.35. The van der Waals surface area contributed by atoms with Crippen molar-refractivity contribution < 1.29 is 13.2 Å². The molecule has 1 aromatic heterocycles. The highest BCUT2D eigenvalue weighted by atomic mass is 35.5. The van der Waals surface area contributed by atoms with E-state index in [0.717, 1.165) is 42.1 Å². The summed E-state index contributed by atoms with van der Waals surface area (Å²) in [6.45, 7) is 3.25. The van der Waals surface area contributed by atoms with E-state index < -0.39 is 9.84 Å². The monoisotopic (exact) mass is 477 g/mol. The van der Waals surface area contributed by atoms with Crippen molar-refractivity contribution in [1.29, 1.82) is 0 Å². The van der Waals surface area contributed by atoms with Crippen LogP contribution in [0.1, 0.15) is 36.2 Å². The molecule has 2 heterocycles. The Morgan fingerprint density at radius 2 is 2.00 bits per heavy atom. The molecule has 0 amide bonds. The highest BCUT2D eigenvalue weighted by Crippen LogP contribution is 2.32. The number of benzene rings is 1. The van der Waals surface area contributed by atoms with Gasteiger partial charge in [-0.05, 0) is 61.9 Å². The van der Waals surface area contributed by atoms with Gasteiger partial charge in [0.1, 0.15) is 9.84 Å². The number of hydrogen-bond acceptors (Lipinski definition) is 5. The van der Waals surface area contributed by atoms with Gasteiger partial charge in [-0.25, -0.2) is 8.42 Å². The topological polar surface area (TPSA) is 64.4 Å². The van der Waals surface area contributed by atoms with Crippen molar-refractivity contribution in [2.45, 2.75) is 50.8 Å². The zero-order valence-corrected chi connectivity index (χ0v) is 20.6. The van der Waals surface area contributed by atoms with Crippen molar-refractivity contribution in [2.24, 2.45) is 7.05 Å². The standard InChI is InChI=1S/C24H32ClN3O3S/c1-17-12-24(26-27(17)2)19-6-10-21(11-7-19)28-14-23(16-32(3,29)30)31-15-22(28)13-18-4-8-20(25)9-5-18/h4-6,8-9,12,21-23H,7,10-11,13-16H2,1-3H3. The first-order valence-corrected chi connectivity index (χ1v) is 13.6. The molecule has 0 N–H and O–H groups in total. The van der Waals surface area contributed by atoms with Gasteiger partial charge in [-0.2, -0.15) is 5.10 Å². The van der Waals surface area contributed by atoms with Crippen LogP contribution in [0, 0.1) is 6.92 Å². The van der Waals surface area contributed by atoms with E-state index in [4.69, 9.17) is 16.3 Å². The lowest BCUT2D eigenvalue weighted by Crippen LogP contribution is -2.56. The second-order valence-electron chi connectivity index (χ2n) is 9.18. The van der Waals surface area contributed by atoms with E-state index >= 15 is 0 Å². The first kappa shape index (κ1) is 23.5. The van der Waals surface area contributed by atoms with Crippen LogP contribution in [0.15, 0.2) is 36.4 Å². The Labute approximate surface area is 196 Å². The normalized spacial score (nSPS) is 25.0. The second-order valence-corrected chi connectivity index (χ2v) is 11.8. The van der Waals surface area contributed by atoms with Crippen molar-refractivity contribution in [3.8, 4) is 0 Å². The van der Waals surface area contributed by atoms with E-state index in [9.17, 15) is 8.42 Å². The van der Waals surface area contributed by atoms with E-state index in [1.165, 1.54) is 17.4 Å². The fourth-order valence-corrected chi connectivity index (χ4v) is 5.81. The lowest BCUT2D eigenvalue weighted by Gasteiger charge is -2.45. The van der Waals surface area contributed by atoms with Gasteiger partial charge < -0.3 is 4.74 Å². The van der Waals surface area contributed by atoms with Gasteiger partial charge >= 0.3 is 0 Å². The number of allylic oxidation sites excluding steroid dienone is 1. The molecule has 3 atom stereocenters. The number of hydrogen-bond donors (Lipinski definition) is 0. The zero-order valence-electron chi connectivity index (χ0n) is 19.0. The van der Waals surface area contributed by atoms with Crippen molar-refractivity contribution in [1.82, 2.24) is 14.7 Å². The first-order valence-electron chi connectivity index (χ1n) is 11.2. The van der Waals surface area contributed by atoms with Crippen LogP contribution in [-0.2, 0) is 28.0 Å². The molecule has 1 aliphatic carbocycles. The fraction of sp³-hybridized carbons (Fsp3) is 0.542. The predicted octanol–water partition coefficient (Wildman–Crippen LogP) is 3.67. The molecule has 1 fully saturated rings. The summed E-state index contributed by atoms with van der Waals surface area (Å²) >= 11 is 6.06. The van der Waals surface area contributed by atoms with Crippen LogP contribution in [0.5, 0.6) is 0 Å². The van der Waals surface area contributed by atoms with Crippen LogP contribution in [0.25, 0.3) is 5.57 Å². The molecule has 0 bridgehead atoms. The maximum Gasteiger partial charge on any atom is 0.150 e. The Bertz CT molecular complexity index is 1060. The molecule has 8 heteroatoms. The quantitative estimate of drug-likeness (QED) is 0.635. The van der Waals surface area contributed by atoms with Crippen LogP contribution in [-0.4, -0.2) is 66.4 Å². The molecule has 4 rings (SSSR count). The summed E-state index contributed by atoms with van der Waals surface area (Å²) < 4.78 is 31.7. The van der Waals surface area contributed by atoms with Gasteiger partial charge in [-0.15, -0.1) is 0 Å². The summed E-state index contributed by atoms with van der Waals surface area (Å²) in [4.78, 5) is 2.49. The molecule has 0 radical (unpaired) electrons. The summed E-state index contributed by atoms with van der Waals surface area (Å²) in [6.07, 6.45) is 7.12. The maximum atomic E-state index is 11.9. The molecular weight excluding hydrogens is 446 g/mol. The molecule has 32 heavy (non-hydrogen) atoms. The van der Waals surface area contributed by atoms with Crippen LogP contribution in [0.3, 0.4) is 0 Å². The minimum Gasteiger partial charge on any atom is -0.374 e. The highest BCUT2D eigenvalue weighted by molar-refractivity contribution is 7.90. The smallest absolute Gasteiger partial charge is 0.150 e. The zero-order chi connectivity index (χ0) is 22.9. The minimum absolute atomic E-state index is 0.0676. The van der Waals surface area contributed by atoms with E-state index in [0.29, 0.717) is 19.2 Å². The van der Waals surface area contributed by atoms with Gasteiger partial charge in [0.15, 0.2) is 0 Å². The van der Waals surface area contributed by atoms with Crippen LogP contribution in [0.2, 0.25) is 5.02 Å². The molecule has 2 aliphatic rings. The summed E-state index contributed by atoms with van der Waals surface area (Å²) in [6, 6.07) is 10.7. The maximum absolute atomic E-state index is 11.9. The second kappa shape index (κ2) is 9.67. The van der Waals surface area contributed by atoms with Crippen molar-refractivity contribution >= 4 is 27.0 Å². The van der Waals surface area contributed by atoms with Crippen molar-refractivity contribution in [3.05, 3.63) is 58.4 Å².